The van der Waals surface area contributed by atoms with Crippen LogP contribution in [-0.2, 0) is 0 Å². The van der Waals surface area contributed by atoms with Crippen molar-refractivity contribution in [2.75, 3.05) is 0 Å². The SMILES string of the molecule is C=CC[C](CC)C(=CCCC)CCC. The van der Waals surface area contributed by atoms with Crippen molar-refractivity contribution < 1.29 is 0 Å². The third-order valence-electron chi connectivity index (χ3n) is 2.47. The lowest BCUT2D eigenvalue weighted by molar-refractivity contribution is 0.785. The fraction of sp³-hybridized carbons (Fsp3) is 0.643. The zero-order valence-corrected chi connectivity index (χ0v) is 10.1. The Bertz CT molecular complexity index is 165. The lowest BCUT2D eigenvalue weighted by atomic mass is 9.89. The first kappa shape index (κ1) is 13.5. The highest BCUT2D eigenvalue weighted by Crippen LogP contribution is 2.26. The van der Waals surface area contributed by atoms with Gasteiger partial charge in [0.1, 0.15) is 0 Å². The van der Waals surface area contributed by atoms with E-state index in [0.717, 1.165) is 6.42 Å². The molecule has 0 aliphatic carbocycles. The van der Waals surface area contributed by atoms with Gasteiger partial charge in [-0.3, -0.25) is 0 Å². The molecule has 0 fully saturated rings. The molecule has 1 radical (unpaired) electrons. The molecule has 14 heavy (non-hydrogen) atoms. The van der Waals surface area contributed by atoms with E-state index in [1.807, 2.05) is 6.08 Å². The van der Waals surface area contributed by atoms with E-state index in [-0.39, 0.29) is 0 Å². The molecule has 0 heteroatoms. The Morgan fingerprint density at radius 2 is 1.86 bits per heavy atom. The maximum absolute atomic E-state index is 3.82. The standard InChI is InChI=1S/C14H25/c1-5-9-12-14(11-7-3)13(8-4)10-6-2/h6,12H,2,5,7-11H2,1,3-4H3. The molecule has 0 amide bonds. The summed E-state index contributed by atoms with van der Waals surface area (Å²) in [5.41, 5.74) is 1.58. The second-order valence-corrected chi connectivity index (χ2v) is 3.72. The fourth-order valence-electron chi connectivity index (χ4n) is 1.69. The minimum atomic E-state index is 1.06. The maximum Gasteiger partial charge on any atom is 0.00400 e. The van der Waals surface area contributed by atoms with Crippen LogP contribution >= 0.6 is 0 Å². The summed E-state index contributed by atoms with van der Waals surface area (Å²) in [7, 11) is 0. The Kier molecular flexibility index (Phi) is 8.72. The predicted octanol–water partition coefficient (Wildman–Crippen LogP) is 5.07. The maximum atomic E-state index is 3.82. The van der Waals surface area contributed by atoms with E-state index in [9.17, 15) is 0 Å². The van der Waals surface area contributed by atoms with Crippen molar-refractivity contribution in [3.63, 3.8) is 0 Å². The molecular formula is C14H25. The Balaban J connectivity index is 4.33. The van der Waals surface area contributed by atoms with E-state index in [2.05, 4.69) is 33.4 Å². The Morgan fingerprint density at radius 1 is 1.14 bits per heavy atom. The normalized spacial score (nSPS) is 12.1. The van der Waals surface area contributed by atoms with Gasteiger partial charge < -0.3 is 0 Å². The van der Waals surface area contributed by atoms with Crippen molar-refractivity contribution in [2.24, 2.45) is 0 Å². The van der Waals surface area contributed by atoms with Gasteiger partial charge in [0, 0.05) is 5.92 Å². The number of unbranched alkanes of at least 4 members (excludes halogenated alkanes) is 1. The Morgan fingerprint density at radius 3 is 2.29 bits per heavy atom. The zero-order chi connectivity index (χ0) is 10.8. The number of rotatable bonds is 8. The second kappa shape index (κ2) is 9.05. The van der Waals surface area contributed by atoms with Crippen molar-refractivity contribution >= 4 is 0 Å². The van der Waals surface area contributed by atoms with Crippen molar-refractivity contribution in [1.29, 1.82) is 0 Å². The average molecular weight is 193 g/mol. The zero-order valence-electron chi connectivity index (χ0n) is 10.1. The Labute approximate surface area is 90.1 Å². The minimum absolute atomic E-state index is 1.06. The van der Waals surface area contributed by atoms with Crippen molar-refractivity contribution in [3.8, 4) is 0 Å². The van der Waals surface area contributed by atoms with Gasteiger partial charge in [-0.05, 0) is 25.7 Å². The van der Waals surface area contributed by atoms with Gasteiger partial charge in [-0.15, -0.1) is 6.58 Å². The molecule has 0 atom stereocenters. The molecule has 0 bridgehead atoms. The van der Waals surface area contributed by atoms with E-state index < -0.39 is 0 Å². The van der Waals surface area contributed by atoms with Crippen LogP contribution < -0.4 is 0 Å². The molecule has 81 valence electrons. The molecule has 0 aromatic carbocycles. The fourth-order valence-corrected chi connectivity index (χ4v) is 1.69. The summed E-state index contributed by atoms with van der Waals surface area (Å²) < 4.78 is 0. The van der Waals surface area contributed by atoms with Crippen LogP contribution in [0.25, 0.3) is 0 Å². The quantitative estimate of drug-likeness (QED) is 0.472. The van der Waals surface area contributed by atoms with E-state index >= 15 is 0 Å². The lowest BCUT2D eigenvalue weighted by Gasteiger charge is -2.16. The van der Waals surface area contributed by atoms with Crippen LogP contribution in [0.5, 0.6) is 0 Å². The molecule has 0 saturated heterocycles. The van der Waals surface area contributed by atoms with Crippen LogP contribution in [0.3, 0.4) is 0 Å². The van der Waals surface area contributed by atoms with Crippen molar-refractivity contribution in [1.82, 2.24) is 0 Å². The highest BCUT2D eigenvalue weighted by molar-refractivity contribution is 5.25. The van der Waals surface area contributed by atoms with E-state index in [1.54, 1.807) is 11.5 Å². The summed E-state index contributed by atoms with van der Waals surface area (Å²) in [5, 5.41) is 0. The summed E-state index contributed by atoms with van der Waals surface area (Å²) in [5.74, 6) is 1.58. The van der Waals surface area contributed by atoms with Gasteiger partial charge in [-0.1, -0.05) is 51.3 Å². The van der Waals surface area contributed by atoms with Crippen molar-refractivity contribution in [3.05, 3.63) is 30.2 Å². The molecule has 0 aliphatic heterocycles. The van der Waals surface area contributed by atoms with Crippen LogP contribution in [0.1, 0.15) is 59.3 Å². The van der Waals surface area contributed by atoms with E-state index in [0.29, 0.717) is 0 Å². The summed E-state index contributed by atoms with van der Waals surface area (Å²) >= 11 is 0. The summed E-state index contributed by atoms with van der Waals surface area (Å²) in [6, 6.07) is 0. The van der Waals surface area contributed by atoms with Gasteiger partial charge in [0.05, 0.1) is 0 Å². The Hall–Kier alpha value is -0.520. The molecule has 0 aliphatic rings. The second-order valence-electron chi connectivity index (χ2n) is 3.72. The minimum Gasteiger partial charge on any atom is -0.103 e. The van der Waals surface area contributed by atoms with Gasteiger partial charge in [-0.25, -0.2) is 0 Å². The molecule has 0 nitrogen and oxygen atoms in total. The molecule has 0 unspecified atom stereocenters. The van der Waals surface area contributed by atoms with E-state index in [4.69, 9.17) is 0 Å². The van der Waals surface area contributed by atoms with Crippen LogP contribution in [0, 0.1) is 5.92 Å². The van der Waals surface area contributed by atoms with Gasteiger partial charge in [0.15, 0.2) is 0 Å². The molecule has 0 spiro atoms. The molecule has 0 N–H and O–H groups in total. The molecule has 0 heterocycles. The largest absolute Gasteiger partial charge is 0.103 e. The third-order valence-corrected chi connectivity index (χ3v) is 2.47. The van der Waals surface area contributed by atoms with Gasteiger partial charge in [0.2, 0.25) is 0 Å². The smallest absolute Gasteiger partial charge is 0.00400 e. The van der Waals surface area contributed by atoms with E-state index in [1.165, 1.54) is 32.1 Å². The third kappa shape index (κ3) is 5.26. The summed E-state index contributed by atoms with van der Waals surface area (Å²) in [4.78, 5) is 0. The summed E-state index contributed by atoms with van der Waals surface area (Å²) in [6.45, 7) is 10.6. The van der Waals surface area contributed by atoms with Crippen LogP contribution in [0.2, 0.25) is 0 Å². The monoisotopic (exact) mass is 193 g/mol. The molecule has 0 saturated carbocycles. The topological polar surface area (TPSA) is 0 Å². The molecule has 0 aromatic heterocycles. The van der Waals surface area contributed by atoms with Crippen LogP contribution in [-0.4, -0.2) is 0 Å². The molecule has 0 rings (SSSR count). The molecular weight excluding hydrogens is 168 g/mol. The summed E-state index contributed by atoms with van der Waals surface area (Å²) in [6.07, 6.45) is 11.6. The number of hydrogen-bond acceptors (Lipinski definition) is 0. The highest BCUT2D eigenvalue weighted by atomic mass is 14.1. The van der Waals surface area contributed by atoms with Gasteiger partial charge >= 0.3 is 0 Å². The number of allylic oxidation sites excluding steroid dienone is 3. The lowest BCUT2D eigenvalue weighted by Crippen LogP contribution is -1.99. The highest BCUT2D eigenvalue weighted by Gasteiger charge is 2.09. The first-order valence-corrected chi connectivity index (χ1v) is 5.95. The van der Waals surface area contributed by atoms with Crippen LogP contribution in [0.15, 0.2) is 24.3 Å². The van der Waals surface area contributed by atoms with Gasteiger partial charge in [-0.2, -0.15) is 0 Å². The van der Waals surface area contributed by atoms with Crippen LogP contribution in [0.4, 0.5) is 0 Å². The first-order valence-electron chi connectivity index (χ1n) is 5.95. The first-order chi connectivity index (χ1) is 6.79. The average Bonchev–Trinajstić information content (AvgIpc) is 2.21. The number of hydrogen-bond donors (Lipinski definition) is 0. The van der Waals surface area contributed by atoms with Gasteiger partial charge in [0.25, 0.3) is 0 Å². The molecule has 0 aromatic rings. The van der Waals surface area contributed by atoms with Crippen molar-refractivity contribution in [2.45, 2.75) is 59.3 Å². The predicted molar refractivity (Wildman–Crippen MR) is 66.2 cm³/mol.